The Morgan fingerprint density at radius 2 is 1.85 bits per heavy atom. The molecular weight excluding hydrogens is 336 g/mol. The molecule has 1 aromatic carbocycles. The zero-order chi connectivity index (χ0) is 19.6. The molecule has 1 N–H and O–H groups in total. The van der Waals surface area contributed by atoms with Crippen molar-refractivity contribution in [2.24, 2.45) is 5.92 Å². The minimum Gasteiger partial charge on any atom is -0.506 e. The van der Waals surface area contributed by atoms with Crippen molar-refractivity contribution in [1.29, 1.82) is 0 Å². The van der Waals surface area contributed by atoms with E-state index in [9.17, 15) is 5.11 Å². The molecule has 0 fully saturated rings. The van der Waals surface area contributed by atoms with E-state index in [-0.39, 0.29) is 11.8 Å². The number of aliphatic hydroxyl groups is 1. The Balaban J connectivity index is 1.61. The summed E-state index contributed by atoms with van der Waals surface area (Å²) in [6.07, 6.45) is 6.84. The highest BCUT2D eigenvalue weighted by atomic mass is 16.3. The van der Waals surface area contributed by atoms with Gasteiger partial charge in [-0.15, -0.1) is 5.10 Å². The molecule has 1 aliphatic heterocycles. The van der Waals surface area contributed by atoms with Crippen LogP contribution in [0.25, 0.3) is 11.3 Å². The van der Waals surface area contributed by atoms with Crippen molar-refractivity contribution in [1.82, 2.24) is 19.9 Å². The van der Waals surface area contributed by atoms with Crippen LogP contribution in [0.5, 0.6) is 0 Å². The Hall–Kier alpha value is -2.82. The summed E-state index contributed by atoms with van der Waals surface area (Å²) in [5.74, 6) is 0.692. The number of aromatic nitrogens is 3. The lowest BCUT2D eigenvalue weighted by Gasteiger charge is -2.33. The minimum absolute atomic E-state index is 0.270. The molecule has 0 aliphatic carbocycles. The number of nitrogens with zero attached hydrogens (tertiary/aromatic N) is 4. The average molecular weight is 364 g/mol. The van der Waals surface area contributed by atoms with E-state index in [0.717, 1.165) is 29.9 Å². The lowest BCUT2D eigenvalue weighted by Crippen LogP contribution is -2.31. The van der Waals surface area contributed by atoms with Crippen molar-refractivity contribution in [3.8, 4) is 11.3 Å². The van der Waals surface area contributed by atoms with Crippen LogP contribution in [0.3, 0.4) is 0 Å². The quantitative estimate of drug-likeness (QED) is 0.796. The summed E-state index contributed by atoms with van der Waals surface area (Å²) in [5.41, 5.74) is 4.73. The van der Waals surface area contributed by atoms with Crippen molar-refractivity contribution >= 4 is 0 Å². The van der Waals surface area contributed by atoms with Gasteiger partial charge in [-0.3, -0.25) is 4.68 Å². The monoisotopic (exact) mass is 364 g/mol. The summed E-state index contributed by atoms with van der Waals surface area (Å²) < 4.78 is 1.92. The maximum Gasteiger partial charge on any atom is 0.141 e. The third-order valence-corrected chi connectivity index (χ3v) is 5.07. The molecule has 142 valence electrons. The molecule has 0 radical (unpaired) electrons. The van der Waals surface area contributed by atoms with Gasteiger partial charge in [0.05, 0.1) is 11.9 Å². The molecule has 0 saturated heterocycles. The number of rotatable bonds is 6. The van der Waals surface area contributed by atoms with E-state index < -0.39 is 0 Å². The standard InChI is InChI=1S/C22H28N4O/c1-15-6-8-20(9-7-15)21-14-25(24-23-21)13-16(2)12-18(4)26-11-10-17(3)22(27)19(26)5/h6-11,14,16,18,27H,3,12-13H2,1-2,4-5H3. The van der Waals surface area contributed by atoms with E-state index in [1.54, 1.807) is 0 Å². The number of allylic oxidation sites excluding steroid dienone is 2. The predicted octanol–water partition coefficient (Wildman–Crippen LogP) is 4.84. The van der Waals surface area contributed by atoms with E-state index in [2.05, 4.69) is 66.8 Å². The van der Waals surface area contributed by atoms with Crippen molar-refractivity contribution in [3.05, 3.63) is 71.9 Å². The number of hydrogen-bond acceptors (Lipinski definition) is 4. The van der Waals surface area contributed by atoms with Gasteiger partial charge in [-0.1, -0.05) is 48.5 Å². The van der Waals surface area contributed by atoms with Gasteiger partial charge in [0, 0.05) is 29.9 Å². The number of aliphatic hydroxyl groups excluding tert-OH is 1. The Bertz CT molecular complexity index is 876. The van der Waals surface area contributed by atoms with Gasteiger partial charge in [0.15, 0.2) is 0 Å². The van der Waals surface area contributed by atoms with E-state index in [1.807, 2.05) is 30.1 Å². The van der Waals surface area contributed by atoms with Gasteiger partial charge in [0.25, 0.3) is 0 Å². The van der Waals surface area contributed by atoms with Gasteiger partial charge in [-0.2, -0.15) is 0 Å². The topological polar surface area (TPSA) is 54.2 Å². The van der Waals surface area contributed by atoms with Crippen LogP contribution in [0.1, 0.15) is 32.8 Å². The van der Waals surface area contributed by atoms with Crippen LogP contribution >= 0.6 is 0 Å². The molecule has 1 aliphatic rings. The zero-order valence-corrected chi connectivity index (χ0v) is 16.6. The SMILES string of the molecule is C=C1C=CN(C(C)CC(C)Cn2cc(-c3ccc(C)cc3)nn2)C(C)=C1O. The second-order valence-corrected chi connectivity index (χ2v) is 7.56. The van der Waals surface area contributed by atoms with Gasteiger partial charge in [-0.25, -0.2) is 0 Å². The van der Waals surface area contributed by atoms with E-state index in [1.165, 1.54) is 5.56 Å². The van der Waals surface area contributed by atoms with Crippen LogP contribution in [0.2, 0.25) is 0 Å². The first kappa shape index (κ1) is 19.0. The Morgan fingerprint density at radius 1 is 1.15 bits per heavy atom. The number of benzene rings is 1. The molecule has 5 heteroatoms. The molecule has 0 bridgehead atoms. The molecule has 2 aromatic rings. The highest BCUT2D eigenvalue weighted by Crippen LogP contribution is 2.26. The van der Waals surface area contributed by atoms with Gasteiger partial charge in [-0.05, 0) is 39.2 Å². The molecule has 1 aromatic heterocycles. The minimum atomic E-state index is 0.270. The van der Waals surface area contributed by atoms with Crippen LogP contribution in [-0.2, 0) is 6.54 Å². The smallest absolute Gasteiger partial charge is 0.141 e. The fourth-order valence-corrected chi connectivity index (χ4v) is 3.53. The summed E-state index contributed by atoms with van der Waals surface area (Å²) in [4.78, 5) is 2.11. The van der Waals surface area contributed by atoms with Gasteiger partial charge in [0.1, 0.15) is 11.5 Å². The number of hydrogen-bond donors (Lipinski definition) is 1. The van der Waals surface area contributed by atoms with Crippen molar-refractivity contribution in [2.75, 3.05) is 0 Å². The second-order valence-electron chi connectivity index (χ2n) is 7.56. The molecule has 3 rings (SSSR count). The molecule has 2 atom stereocenters. The van der Waals surface area contributed by atoms with Crippen molar-refractivity contribution in [3.63, 3.8) is 0 Å². The third kappa shape index (κ3) is 4.30. The summed E-state index contributed by atoms with van der Waals surface area (Å²) in [5, 5.41) is 18.7. The first-order chi connectivity index (χ1) is 12.8. The van der Waals surface area contributed by atoms with Gasteiger partial charge < -0.3 is 10.0 Å². The van der Waals surface area contributed by atoms with E-state index >= 15 is 0 Å². The largest absolute Gasteiger partial charge is 0.506 e. The molecule has 2 heterocycles. The Morgan fingerprint density at radius 3 is 2.56 bits per heavy atom. The predicted molar refractivity (Wildman–Crippen MR) is 109 cm³/mol. The normalized spacial score (nSPS) is 16.7. The fourth-order valence-electron chi connectivity index (χ4n) is 3.53. The molecule has 5 nitrogen and oxygen atoms in total. The fraction of sp³-hybridized carbons (Fsp3) is 0.364. The Kier molecular flexibility index (Phi) is 5.49. The van der Waals surface area contributed by atoms with Crippen LogP contribution in [0.4, 0.5) is 0 Å². The highest BCUT2D eigenvalue weighted by Gasteiger charge is 2.21. The maximum absolute atomic E-state index is 10.1. The second kappa shape index (κ2) is 7.82. The molecule has 0 spiro atoms. The first-order valence-electron chi connectivity index (χ1n) is 9.38. The lowest BCUT2D eigenvalue weighted by atomic mass is 10.00. The zero-order valence-electron chi connectivity index (χ0n) is 16.6. The summed E-state index contributed by atoms with van der Waals surface area (Å²) in [6, 6.07) is 8.60. The summed E-state index contributed by atoms with van der Waals surface area (Å²) in [7, 11) is 0. The summed E-state index contributed by atoms with van der Waals surface area (Å²) >= 11 is 0. The highest BCUT2D eigenvalue weighted by molar-refractivity contribution is 5.57. The van der Waals surface area contributed by atoms with Crippen molar-refractivity contribution < 1.29 is 5.11 Å². The molecular formula is C22H28N4O. The van der Waals surface area contributed by atoms with Crippen molar-refractivity contribution in [2.45, 2.75) is 46.7 Å². The molecule has 0 saturated carbocycles. The van der Waals surface area contributed by atoms with E-state index in [4.69, 9.17) is 0 Å². The van der Waals surface area contributed by atoms with Gasteiger partial charge in [0.2, 0.25) is 0 Å². The Labute approximate surface area is 161 Å². The van der Waals surface area contributed by atoms with Crippen LogP contribution < -0.4 is 0 Å². The average Bonchev–Trinajstić information content (AvgIpc) is 3.08. The van der Waals surface area contributed by atoms with Gasteiger partial charge >= 0.3 is 0 Å². The molecule has 2 unspecified atom stereocenters. The van der Waals surface area contributed by atoms with Crippen LogP contribution in [0, 0.1) is 12.8 Å². The number of aryl methyl sites for hydroxylation is 1. The first-order valence-corrected chi connectivity index (χ1v) is 9.38. The maximum atomic E-state index is 10.1. The molecule has 27 heavy (non-hydrogen) atoms. The lowest BCUT2D eigenvalue weighted by molar-refractivity contribution is 0.265. The molecule has 0 amide bonds. The van der Waals surface area contributed by atoms with Crippen LogP contribution in [0.15, 0.2) is 66.3 Å². The van der Waals surface area contributed by atoms with E-state index in [0.29, 0.717) is 11.5 Å². The third-order valence-electron chi connectivity index (χ3n) is 5.07. The van der Waals surface area contributed by atoms with Crippen LogP contribution in [-0.4, -0.2) is 31.0 Å². The summed E-state index contributed by atoms with van der Waals surface area (Å²) in [6.45, 7) is 13.0.